The molecule has 2 heterocycles. The van der Waals surface area contributed by atoms with Crippen LogP contribution in [0.4, 0.5) is 8.78 Å². The van der Waals surface area contributed by atoms with Crippen molar-refractivity contribution in [2.24, 2.45) is 4.99 Å². The minimum atomic E-state index is -0.495. The summed E-state index contributed by atoms with van der Waals surface area (Å²) in [5, 5.41) is 8.41. The first kappa shape index (κ1) is 20.5. The van der Waals surface area contributed by atoms with Crippen LogP contribution in [0.25, 0.3) is 5.65 Å². The Morgan fingerprint density at radius 2 is 2.03 bits per heavy atom. The molecular weight excluding hydrogens is 372 g/mol. The smallest absolute Gasteiger partial charge is 0.167 e. The molecule has 1 aromatic carbocycles. The lowest BCUT2D eigenvalue weighted by molar-refractivity contribution is 0.598. The van der Waals surface area contributed by atoms with E-state index in [1.807, 2.05) is 23.5 Å². The summed E-state index contributed by atoms with van der Waals surface area (Å²) >= 11 is 0. The maximum Gasteiger partial charge on any atom is 0.167 e. The quantitative estimate of drug-likeness (QED) is 0.427. The summed E-state index contributed by atoms with van der Waals surface area (Å²) < 4.78 is 28.9. The van der Waals surface area contributed by atoms with E-state index >= 15 is 0 Å². The fraction of sp³-hybridized carbons (Fsp3) is 0.273. The number of halogens is 2. The molecule has 0 fully saturated rings. The van der Waals surface area contributed by atoms with Crippen LogP contribution >= 0.6 is 0 Å². The molecule has 7 heteroatoms. The zero-order valence-corrected chi connectivity index (χ0v) is 16.7. The van der Waals surface area contributed by atoms with Crippen molar-refractivity contribution in [2.75, 3.05) is 0 Å². The summed E-state index contributed by atoms with van der Waals surface area (Å²) in [6.07, 6.45) is 11.4. The van der Waals surface area contributed by atoms with E-state index in [2.05, 4.69) is 27.1 Å². The maximum atomic E-state index is 13.7. The number of aliphatic imine (C=N–C) groups is 1. The highest BCUT2D eigenvalue weighted by Gasteiger charge is 2.11. The molecule has 0 amide bonds. The Morgan fingerprint density at radius 3 is 2.83 bits per heavy atom. The Labute approximate surface area is 168 Å². The average Bonchev–Trinajstić information content (AvgIpc) is 3.08. The summed E-state index contributed by atoms with van der Waals surface area (Å²) in [5.74, 6) is -0.168. The SMILES string of the molecule is CCCc1c(C\C=C/C=C\N=C(/C)c2cc(F)ccc2F)ncn2c(C)nnc12. The normalized spacial score (nSPS) is 12.7. The Hall–Kier alpha value is -3.22. The number of benzene rings is 1. The average molecular weight is 395 g/mol. The van der Waals surface area contributed by atoms with Gasteiger partial charge in [0.25, 0.3) is 0 Å². The van der Waals surface area contributed by atoms with Crippen molar-refractivity contribution in [1.82, 2.24) is 19.6 Å². The summed E-state index contributed by atoms with van der Waals surface area (Å²) in [4.78, 5) is 8.74. The van der Waals surface area contributed by atoms with E-state index in [9.17, 15) is 8.78 Å². The van der Waals surface area contributed by atoms with Gasteiger partial charge in [0.05, 0.1) is 5.69 Å². The van der Waals surface area contributed by atoms with E-state index < -0.39 is 11.6 Å². The summed E-state index contributed by atoms with van der Waals surface area (Å²) in [6, 6.07) is 3.33. The number of aryl methyl sites for hydroxylation is 2. The Morgan fingerprint density at radius 1 is 1.21 bits per heavy atom. The molecule has 3 rings (SSSR count). The lowest BCUT2D eigenvalue weighted by Gasteiger charge is -2.07. The van der Waals surface area contributed by atoms with E-state index in [-0.39, 0.29) is 5.56 Å². The van der Waals surface area contributed by atoms with Gasteiger partial charge in [-0.1, -0.05) is 25.5 Å². The molecule has 0 saturated heterocycles. The van der Waals surface area contributed by atoms with Gasteiger partial charge in [-0.25, -0.2) is 13.8 Å². The number of allylic oxidation sites excluding steroid dienone is 3. The molecule has 0 spiro atoms. The molecule has 0 radical (unpaired) electrons. The molecule has 5 nitrogen and oxygen atoms in total. The number of aromatic nitrogens is 4. The van der Waals surface area contributed by atoms with Crippen molar-refractivity contribution >= 4 is 11.4 Å². The van der Waals surface area contributed by atoms with Gasteiger partial charge in [0.1, 0.15) is 23.8 Å². The number of hydrogen-bond acceptors (Lipinski definition) is 4. The predicted octanol–water partition coefficient (Wildman–Crippen LogP) is 4.79. The largest absolute Gasteiger partial charge is 0.269 e. The van der Waals surface area contributed by atoms with Crippen molar-refractivity contribution in [3.63, 3.8) is 0 Å². The highest BCUT2D eigenvalue weighted by atomic mass is 19.1. The van der Waals surface area contributed by atoms with Crippen molar-refractivity contribution < 1.29 is 8.78 Å². The number of hydrogen-bond donors (Lipinski definition) is 0. The predicted molar refractivity (Wildman–Crippen MR) is 110 cm³/mol. The fourth-order valence-corrected chi connectivity index (χ4v) is 3.04. The molecule has 29 heavy (non-hydrogen) atoms. The second-order valence-corrected chi connectivity index (χ2v) is 6.67. The molecule has 0 saturated carbocycles. The molecule has 0 unspecified atom stereocenters. The molecule has 0 aliphatic rings. The Bertz CT molecular complexity index is 1100. The van der Waals surface area contributed by atoms with Crippen molar-refractivity contribution in [3.8, 4) is 0 Å². The Balaban J connectivity index is 1.70. The third-order valence-corrected chi connectivity index (χ3v) is 4.54. The van der Waals surface area contributed by atoms with Gasteiger partial charge >= 0.3 is 0 Å². The van der Waals surface area contributed by atoms with Gasteiger partial charge in [0.2, 0.25) is 0 Å². The van der Waals surface area contributed by atoms with E-state index in [0.29, 0.717) is 12.1 Å². The molecule has 2 aromatic heterocycles. The van der Waals surface area contributed by atoms with Crippen LogP contribution in [0.2, 0.25) is 0 Å². The molecule has 0 atom stereocenters. The third kappa shape index (κ3) is 4.80. The van der Waals surface area contributed by atoms with Crippen LogP contribution in [-0.4, -0.2) is 25.3 Å². The van der Waals surface area contributed by atoms with Crippen LogP contribution in [0.1, 0.15) is 42.9 Å². The summed E-state index contributed by atoms with van der Waals surface area (Å²) in [7, 11) is 0. The third-order valence-electron chi connectivity index (χ3n) is 4.54. The first-order valence-electron chi connectivity index (χ1n) is 9.50. The highest BCUT2D eigenvalue weighted by molar-refractivity contribution is 5.99. The number of rotatable bonds is 7. The molecule has 0 bridgehead atoms. The van der Waals surface area contributed by atoms with Gasteiger partial charge in [-0.05, 0) is 44.5 Å². The minimum absolute atomic E-state index is 0.156. The van der Waals surface area contributed by atoms with Gasteiger partial charge in [0, 0.05) is 29.5 Å². The Kier molecular flexibility index (Phi) is 6.59. The lowest BCUT2D eigenvalue weighted by Crippen LogP contribution is -2.03. The lowest BCUT2D eigenvalue weighted by atomic mass is 10.1. The van der Waals surface area contributed by atoms with Crippen LogP contribution in [0.5, 0.6) is 0 Å². The number of fused-ring (bicyclic) bond motifs is 1. The zero-order chi connectivity index (χ0) is 20.8. The van der Waals surface area contributed by atoms with Crippen molar-refractivity contribution in [1.29, 1.82) is 0 Å². The van der Waals surface area contributed by atoms with Gasteiger partial charge in [-0.3, -0.25) is 9.39 Å². The van der Waals surface area contributed by atoms with Crippen LogP contribution in [0, 0.1) is 18.6 Å². The summed E-state index contributed by atoms with van der Waals surface area (Å²) in [6.45, 7) is 5.67. The molecule has 0 aliphatic carbocycles. The van der Waals surface area contributed by atoms with Gasteiger partial charge in [-0.2, -0.15) is 0 Å². The minimum Gasteiger partial charge on any atom is -0.269 e. The van der Waals surface area contributed by atoms with Crippen molar-refractivity contribution in [3.05, 3.63) is 83.2 Å². The maximum absolute atomic E-state index is 13.7. The van der Waals surface area contributed by atoms with E-state index in [4.69, 9.17) is 0 Å². The van der Waals surface area contributed by atoms with Crippen LogP contribution in [0.3, 0.4) is 0 Å². The number of nitrogens with zero attached hydrogens (tertiary/aromatic N) is 5. The van der Waals surface area contributed by atoms with E-state index in [1.165, 1.54) is 0 Å². The standard InChI is InChI=1S/C22H23F2N5/c1-4-8-18-21(26-14-29-16(3)27-28-22(18)29)9-6-5-7-12-25-15(2)19-13-17(23)10-11-20(19)24/h5-7,10-14H,4,8-9H2,1-3H3/b6-5-,12-7-,25-15+. The second-order valence-electron chi connectivity index (χ2n) is 6.67. The molecule has 150 valence electrons. The fourth-order valence-electron chi connectivity index (χ4n) is 3.04. The zero-order valence-electron chi connectivity index (χ0n) is 16.7. The van der Waals surface area contributed by atoms with E-state index in [1.54, 1.807) is 25.5 Å². The second kappa shape index (κ2) is 9.32. The van der Waals surface area contributed by atoms with Gasteiger partial charge < -0.3 is 0 Å². The van der Waals surface area contributed by atoms with E-state index in [0.717, 1.165) is 53.8 Å². The molecular formula is C22H23F2N5. The van der Waals surface area contributed by atoms with Gasteiger partial charge in [0.15, 0.2) is 5.65 Å². The first-order chi connectivity index (χ1) is 14.0. The van der Waals surface area contributed by atoms with Crippen LogP contribution in [0.15, 0.2) is 53.9 Å². The monoisotopic (exact) mass is 395 g/mol. The highest BCUT2D eigenvalue weighted by Crippen LogP contribution is 2.16. The first-order valence-corrected chi connectivity index (χ1v) is 9.50. The molecule has 0 aliphatic heterocycles. The van der Waals surface area contributed by atoms with Crippen LogP contribution < -0.4 is 0 Å². The summed E-state index contributed by atoms with van der Waals surface area (Å²) in [5.41, 5.74) is 3.50. The van der Waals surface area contributed by atoms with Crippen molar-refractivity contribution in [2.45, 2.75) is 40.0 Å². The molecule has 0 N–H and O–H groups in total. The van der Waals surface area contributed by atoms with Crippen LogP contribution in [-0.2, 0) is 12.8 Å². The van der Waals surface area contributed by atoms with Gasteiger partial charge in [-0.15, -0.1) is 10.2 Å². The molecule has 3 aromatic rings. The topological polar surface area (TPSA) is 55.4 Å².